The molecule has 1 amide bonds. The molecule has 28 heavy (non-hydrogen) atoms. The van der Waals surface area contributed by atoms with Crippen LogP contribution in [0.3, 0.4) is 0 Å². The molecule has 0 spiro atoms. The monoisotopic (exact) mass is 387 g/mol. The lowest BCUT2D eigenvalue weighted by Crippen LogP contribution is -2.48. The Hall–Kier alpha value is -2.54. The van der Waals surface area contributed by atoms with Crippen molar-refractivity contribution < 1.29 is 9.90 Å². The molecular formula is C21H33N5O2. The quantitative estimate of drug-likeness (QED) is 0.224. The predicted octanol–water partition coefficient (Wildman–Crippen LogP) is 1.72. The first kappa shape index (κ1) is 21.8. The lowest BCUT2D eigenvalue weighted by molar-refractivity contribution is 0.0953. The first-order valence-electron chi connectivity index (χ1n) is 10.1. The van der Waals surface area contributed by atoms with Gasteiger partial charge in [0.25, 0.3) is 5.91 Å². The highest BCUT2D eigenvalue weighted by atomic mass is 16.3. The smallest absolute Gasteiger partial charge is 0.251 e. The number of aliphatic imine (C=N–C) groups is 1. The average molecular weight is 388 g/mol. The highest BCUT2D eigenvalue weighted by Gasteiger charge is 2.18. The number of nitrogens with zero attached hydrogens (tertiary/aromatic N) is 2. The highest BCUT2D eigenvalue weighted by Crippen LogP contribution is 2.11. The van der Waals surface area contributed by atoms with Crippen molar-refractivity contribution in [3.63, 3.8) is 0 Å². The van der Waals surface area contributed by atoms with Crippen LogP contribution in [0, 0.1) is 0 Å². The molecule has 0 aliphatic carbocycles. The number of hydrogen-bond acceptors (Lipinski definition) is 4. The van der Waals surface area contributed by atoms with E-state index in [1.165, 1.54) is 6.07 Å². The molecule has 4 N–H and O–H groups in total. The van der Waals surface area contributed by atoms with Gasteiger partial charge in [-0.25, -0.2) is 0 Å². The van der Waals surface area contributed by atoms with E-state index in [-0.39, 0.29) is 11.7 Å². The largest absolute Gasteiger partial charge is 0.508 e. The van der Waals surface area contributed by atoms with E-state index in [2.05, 4.69) is 39.3 Å². The zero-order valence-corrected chi connectivity index (χ0v) is 16.8. The van der Waals surface area contributed by atoms with Gasteiger partial charge in [0.1, 0.15) is 5.75 Å². The Morgan fingerprint density at radius 2 is 2.14 bits per heavy atom. The number of hydrogen-bond donors (Lipinski definition) is 4. The summed E-state index contributed by atoms with van der Waals surface area (Å²) in [4.78, 5) is 19.1. The zero-order chi connectivity index (χ0) is 20.2. The zero-order valence-electron chi connectivity index (χ0n) is 16.8. The Labute approximate surface area is 167 Å². The maximum atomic E-state index is 12.0. The molecule has 1 aromatic rings. The summed E-state index contributed by atoms with van der Waals surface area (Å²) in [7, 11) is 0. The van der Waals surface area contributed by atoms with E-state index in [1.54, 1.807) is 18.2 Å². The fourth-order valence-corrected chi connectivity index (χ4v) is 3.18. The van der Waals surface area contributed by atoms with Gasteiger partial charge in [0, 0.05) is 50.9 Å². The van der Waals surface area contributed by atoms with Gasteiger partial charge in [-0.15, -0.1) is 6.58 Å². The van der Waals surface area contributed by atoms with Crippen molar-refractivity contribution in [2.24, 2.45) is 4.99 Å². The van der Waals surface area contributed by atoms with Gasteiger partial charge >= 0.3 is 0 Å². The Morgan fingerprint density at radius 3 is 2.82 bits per heavy atom. The number of guanidine groups is 1. The number of aromatic hydroxyl groups is 1. The summed E-state index contributed by atoms with van der Waals surface area (Å²) in [5, 5.41) is 19.1. The summed E-state index contributed by atoms with van der Waals surface area (Å²) in [6, 6.07) is 6.78. The second-order valence-electron chi connectivity index (χ2n) is 6.93. The Morgan fingerprint density at radius 1 is 1.36 bits per heavy atom. The number of rotatable bonds is 9. The molecule has 1 saturated heterocycles. The topological polar surface area (TPSA) is 89.0 Å². The second-order valence-corrected chi connectivity index (χ2v) is 6.93. The molecule has 0 aromatic heterocycles. The van der Waals surface area contributed by atoms with Crippen molar-refractivity contribution in [3.8, 4) is 5.75 Å². The van der Waals surface area contributed by atoms with Crippen LogP contribution in [-0.2, 0) is 0 Å². The number of phenols is 1. The fraction of sp³-hybridized carbons (Fsp3) is 0.524. The molecule has 7 nitrogen and oxygen atoms in total. The van der Waals surface area contributed by atoms with Gasteiger partial charge in [-0.05, 0) is 44.4 Å². The number of likely N-dealkylation sites (tertiary alicyclic amines) is 1. The van der Waals surface area contributed by atoms with Gasteiger partial charge in [0.05, 0.1) is 0 Å². The van der Waals surface area contributed by atoms with Gasteiger partial charge in [-0.1, -0.05) is 12.1 Å². The van der Waals surface area contributed by atoms with Crippen molar-refractivity contribution in [2.75, 3.05) is 39.3 Å². The van der Waals surface area contributed by atoms with Crippen molar-refractivity contribution in [1.82, 2.24) is 20.9 Å². The van der Waals surface area contributed by atoms with Gasteiger partial charge < -0.3 is 21.1 Å². The summed E-state index contributed by atoms with van der Waals surface area (Å²) in [5.41, 5.74) is 0.460. The molecule has 2 rings (SSSR count). The molecule has 1 fully saturated rings. The number of carbonyl (C=O) groups is 1. The van der Waals surface area contributed by atoms with Gasteiger partial charge in [0.15, 0.2) is 5.96 Å². The number of phenolic OH excluding ortho intramolecular Hbond substituents is 1. The molecule has 1 aliphatic heterocycles. The van der Waals surface area contributed by atoms with E-state index in [1.807, 2.05) is 6.08 Å². The molecule has 1 heterocycles. The third-order valence-electron chi connectivity index (χ3n) is 4.66. The van der Waals surface area contributed by atoms with Crippen molar-refractivity contribution in [1.29, 1.82) is 0 Å². The van der Waals surface area contributed by atoms with E-state index in [4.69, 9.17) is 0 Å². The van der Waals surface area contributed by atoms with Crippen molar-refractivity contribution in [2.45, 2.75) is 32.2 Å². The first-order chi connectivity index (χ1) is 13.6. The van der Waals surface area contributed by atoms with E-state index in [0.29, 0.717) is 24.7 Å². The van der Waals surface area contributed by atoms with Crippen LogP contribution in [0.4, 0.5) is 0 Å². The molecular weight excluding hydrogens is 354 g/mol. The summed E-state index contributed by atoms with van der Waals surface area (Å²) < 4.78 is 0. The van der Waals surface area contributed by atoms with Gasteiger partial charge in [-0.3, -0.25) is 14.7 Å². The number of benzene rings is 1. The van der Waals surface area contributed by atoms with Crippen LogP contribution in [0.2, 0.25) is 0 Å². The van der Waals surface area contributed by atoms with Crippen LogP contribution < -0.4 is 16.0 Å². The second kappa shape index (κ2) is 12.0. The number of amides is 1. The van der Waals surface area contributed by atoms with Gasteiger partial charge in [-0.2, -0.15) is 0 Å². The van der Waals surface area contributed by atoms with Crippen LogP contribution in [0.15, 0.2) is 41.9 Å². The molecule has 1 aromatic carbocycles. The highest BCUT2D eigenvalue weighted by molar-refractivity contribution is 5.94. The molecule has 0 atom stereocenters. The molecule has 0 bridgehead atoms. The lowest BCUT2D eigenvalue weighted by atomic mass is 10.1. The molecule has 7 heteroatoms. The third-order valence-corrected chi connectivity index (χ3v) is 4.66. The molecule has 0 radical (unpaired) electrons. The first-order valence-corrected chi connectivity index (χ1v) is 10.1. The maximum Gasteiger partial charge on any atom is 0.251 e. The maximum absolute atomic E-state index is 12.0. The minimum atomic E-state index is -0.184. The van der Waals surface area contributed by atoms with E-state index in [0.717, 1.165) is 51.4 Å². The van der Waals surface area contributed by atoms with E-state index in [9.17, 15) is 9.90 Å². The number of carbonyl (C=O) groups excluding carboxylic acids is 1. The van der Waals surface area contributed by atoms with Crippen LogP contribution in [0.5, 0.6) is 5.75 Å². The van der Waals surface area contributed by atoms with E-state index >= 15 is 0 Å². The van der Waals surface area contributed by atoms with Crippen LogP contribution in [0.25, 0.3) is 0 Å². The minimum Gasteiger partial charge on any atom is -0.508 e. The third kappa shape index (κ3) is 7.60. The molecule has 0 unspecified atom stereocenters. The van der Waals surface area contributed by atoms with Crippen molar-refractivity contribution in [3.05, 3.63) is 42.5 Å². The lowest BCUT2D eigenvalue weighted by Gasteiger charge is -2.32. The summed E-state index contributed by atoms with van der Waals surface area (Å²) in [6.45, 7) is 10.9. The number of piperidine rings is 1. The Balaban J connectivity index is 1.70. The fourth-order valence-electron chi connectivity index (χ4n) is 3.18. The van der Waals surface area contributed by atoms with Crippen LogP contribution >= 0.6 is 0 Å². The predicted molar refractivity (Wildman–Crippen MR) is 114 cm³/mol. The van der Waals surface area contributed by atoms with Crippen LogP contribution in [-0.4, -0.2) is 67.2 Å². The molecule has 0 saturated carbocycles. The summed E-state index contributed by atoms with van der Waals surface area (Å²) >= 11 is 0. The SMILES string of the molecule is C=CCN1CCC(NC(=NCCCNC(=O)c2cccc(O)c2)NCC)CC1. The average Bonchev–Trinajstić information content (AvgIpc) is 2.69. The minimum absolute atomic E-state index is 0.0916. The van der Waals surface area contributed by atoms with Gasteiger partial charge in [0.2, 0.25) is 0 Å². The summed E-state index contributed by atoms with van der Waals surface area (Å²) in [5.74, 6) is 0.745. The van der Waals surface area contributed by atoms with Crippen LogP contribution in [0.1, 0.15) is 36.5 Å². The Kier molecular flexibility index (Phi) is 9.34. The molecule has 1 aliphatic rings. The van der Waals surface area contributed by atoms with Crippen molar-refractivity contribution >= 4 is 11.9 Å². The number of nitrogens with one attached hydrogen (secondary N) is 3. The van der Waals surface area contributed by atoms with E-state index < -0.39 is 0 Å². The summed E-state index contributed by atoms with van der Waals surface area (Å²) in [6.07, 6.45) is 4.90. The normalized spacial score (nSPS) is 15.8. The Bertz CT molecular complexity index is 654. The standard InChI is InChI=1S/C21H33N5O2/c1-3-13-26-14-9-18(10-15-26)25-21(22-4-2)24-12-6-11-23-20(28)17-7-5-8-19(27)16-17/h3,5,7-8,16,18,27H,1,4,6,9-15H2,2H3,(H,23,28)(H2,22,24,25). The molecule has 154 valence electrons.